The summed E-state index contributed by atoms with van der Waals surface area (Å²) in [7, 11) is 1.83. The Balaban J connectivity index is 2.92. The minimum Gasteiger partial charge on any atom is -0.306 e. The standard InChI is InChI=1S/C13H22ClN3O/c1-6-9-12(14)10(17(5)16-9)8-11(18)13(3,4)15-7-2/h15H,6-8H2,1-5H3. The van der Waals surface area contributed by atoms with Crippen LogP contribution in [0, 0.1) is 0 Å². The fourth-order valence-electron chi connectivity index (χ4n) is 1.93. The van der Waals surface area contributed by atoms with Gasteiger partial charge in [-0.2, -0.15) is 5.10 Å². The lowest BCUT2D eigenvalue weighted by molar-refractivity contribution is -0.123. The van der Waals surface area contributed by atoms with Crippen LogP contribution in [0.1, 0.15) is 39.1 Å². The second-order valence-corrected chi connectivity index (χ2v) is 5.32. The third-order valence-corrected chi connectivity index (χ3v) is 3.58. The molecule has 1 heterocycles. The van der Waals surface area contributed by atoms with E-state index in [1.54, 1.807) is 4.68 Å². The molecule has 1 aromatic heterocycles. The van der Waals surface area contributed by atoms with E-state index in [0.29, 0.717) is 11.4 Å². The lowest BCUT2D eigenvalue weighted by Crippen LogP contribution is -2.47. The van der Waals surface area contributed by atoms with Gasteiger partial charge in [-0.15, -0.1) is 0 Å². The zero-order valence-corrected chi connectivity index (χ0v) is 12.6. The van der Waals surface area contributed by atoms with Gasteiger partial charge >= 0.3 is 0 Å². The Bertz CT molecular complexity index is 438. The monoisotopic (exact) mass is 271 g/mol. The van der Waals surface area contributed by atoms with Crippen LogP contribution in [0.3, 0.4) is 0 Å². The van der Waals surface area contributed by atoms with Crippen molar-refractivity contribution in [3.8, 4) is 0 Å². The number of Topliss-reactive ketones (excluding diaryl/α,β-unsaturated/α-hetero) is 1. The normalized spacial score (nSPS) is 11.9. The highest BCUT2D eigenvalue weighted by atomic mass is 35.5. The Kier molecular flexibility index (Phi) is 4.93. The number of rotatable bonds is 6. The molecule has 0 saturated carbocycles. The van der Waals surface area contributed by atoms with Crippen molar-refractivity contribution in [2.24, 2.45) is 7.05 Å². The first-order chi connectivity index (χ1) is 8.33. The molecular weight excluding hydrogens is 250 g/mol. The zero-order valence-electron chi connectivity index (χ0n) is 11.8. The molecule has 0 aliphatic rings. The molecule has 0 saturated heterocycles. The quantitative estimate of drug-likeness (QED) is 0.862. The molecule has 1 aromatic rings. The van der Waals surface area contributed by atoms with Crippen LogP contribution in [0.15, 0.2) is 0 Å². The Morgan fingerprint density at radius 3 is 2.50 bits per heavy atom. The Hall–Kier alpha value is -0.870. The summed E-state index contributed by atoms with van der Waals surface area (Å²) < 4.78 is 1.71. The summed E-state index contributed by atoms with van der Waals surface area (Å²) >= 11 is 6.25. The van der Waals surface area contributed by atoms with Gasteiger partial charge in [-0.25, -0.2) is 0 Å². The van der Waals surface area contributed by atoms with Gasteiger partial charge in [-0.3, -0.25) is 9.48 Å². The van der Waals surface area contributed by atoms with Gasteiger partial charge < -0.3 is 5.32 Å². The van der Waals surface area contributed by atoms with Crippen LogP contribution in [0.4, 0.5) is 0 Å². The third-order valence-electron chi connectivity index (χ3n) is 3.15. The number of nitrogens with zero attached hydrogens (tertiary/aromatic N) is 2. The summed E-state index contributed by atoms with van der Waals surface area (Å²) in [5, 5.41) is 8.13. The smallest absolute Gasteiger partial charge is 0.158 e. The van der Waals surface area contributed by atoms with E-state index in [9.17, 15) is 4.79 Å². The van der Waals surface area contributed by atoms with Crippen molar-refractivity contribution in [1.29, 1.82) is 0 Å². The topological polar surface area (TPSA) is 46.9 Å². The number of carbonyl (C=O) groups is 1. The molecule has 0 spiro atoms. The molecule has 1 N–H and O–H groups in total. The molecule has 18 heavy (non-hydrogen) atoms. The van der Waals surface area contributed by atoms with E-state index in [0.717, 1.165) is 24.4 Å². The Morgan fingerprint density at radius 2 is 2.06 bits per heavy atom. The van der Waals surface area contributed by atoms with E-state index in [4.69, 9.17) is 11.6 Å². The van der Waals surface area contributed by atoms with E-state index < -0.39 is 5.54 Å². The second kappa shape index (κ2) is 5.85. The van der Waals surface area contributed by atoms with Gasteiger partial charge in [0.2, 0.25) is 0 Å². The first-order valence-electron chi connectivity index (χ1n) is 6.32. The van der Waals surface area contributed by atoms with Gasteiger partial charge in [-0.1, -0.05) is 25.4 Å². The first kappa shape index (κ1) is 15.2. The molecular formula is C13H22ClN3O. The van der Waals surface area contributed by atoms with Gasteiger partial charge in [-0.05, 0) is 26.8 Å². The van der Waals surface area contributed by atoms with Crippen LogP contribution >= 0.6 is 11.6 Å². The first-order valence-corrected chi connectivity index (χ1v) is 6.69. The van der Waals surface area contributed by atoms with Crippen molar-refractivity contribution in [3.05, 3.63) is 16.4 Å². The van der Waals surface area contributed by atoms with E-state index in [-0.39, 0.29) is 5.78 Å². The molecule has 5 heteroatoms. The highest BCUT2D eigenvalue weighted by molar-refractivity contribution is 6.32. The van der Waals surface area contributed by atoms with Crippen molar-refractivity contribution in [1.82, 2.24) is 15.1 Å². The minimum atomic E-state index is -0.533. The number of ketones is 1. The SMILES string of the molecule is CCNC(C)(C)C(=O)Cc1c(Cl)c(CC)nn1C. The fourth-order valence-corrected chi connectivity index (χ4v) is 2.29. The molecule has 0 unspecified atom stereocenters. The number of aromatic nitrogens is 2. The van der Waals surface area contributed by atoms with E-state index in [1.165, 1.54) is 0 Å². The molecule has 4 nitrogen and oxygen atoms in total. The summed E-state index contributed by atoms with van der Waals surface area (Å²) in [5.41, 5.74) is 1.11. The number of nitrogens with one attached hydrogen (secondary N) is 1. The van der Waals surface area contributed by atoms with Gasteiger partial charge in [0.1, 0.15) is 0 Å². The largest absolute Gasteiger partial charge is 0.306 e. The third kappa shape index (κ3) is 3.12. The predicted molar refractivity (Wildman–Crippen MR) is 74.1 cm³/mol. The molecule has 0 aliphatic carbocycles. The van der Waals surface area contributed by atoms with Crippen LogP contribution in [0.5, 0.6) is 0 Å². The molecule has 1 rings (SSSR count). The molecule has 0 fully saturated rings. The molecule has 0 aliphatic heterocycles. The lowest BCUT2D eigenvalue weighted by Gasteiger charge is -2.24. The van der Waals surface area contributed by atoms with Gasteiger partial charge in [0.15, 0.2) is 5.78 Å². The average molecular weight is 272 g/mol. The van der Waals surface area contributed by atoms with Crippen LogP contribution < -0.4 is 5.32 Å². The molecule has 0 bridgehead atoms. The minimum absolute atomic E-state index is 0.122. The van der Waals surface area contributed by atoms with Crippen LogP contribution in [0.25, 0.3) is 0 Å². The number of hydrogen-bond donors (Lipinski definition) is 1. The molecule has 0 amide bonds. The highest BCUT2D eigenvalue weighted by Gasteiger charge is 2.28. The summed E-state index contributed by atoms with van der Waals surface area (Å²) in [4.78, 5) is 12.3. The maximum atomic E-state index is 12.3. The van der Waals surface area contributed by atoms with Crippen molar-refractivity contribution in [2.45, 2.75) is 46.1 Å². The van der Waals surface area contributed by atoms with E-state index in [2.05, 4.69) is 10.4 Å². The Labute approximate surface area is 114 Å². The Morgan fingerprint density at radius 1 is 1.44 bits per heavy atom. The molecule has 0 aromatic carbocycles. The molecule has 0 atom stereocenters. The number of aryl methyl sites for hydroxylation is 2. The van der Waals surface area contributed by atoms with Gasteiger partial charge in [0, 0.05) is 7.05 Å². The van der Waals surface area contributed by atoms with Crippen molar-refractivity contribution < 1.29 is 4.79 Å². The highest BCUT2D eigenvalue weighted by Crippen LogP contribution is 2.22. The second-order valence-electron chi connectivity index (χ2n) is 4.94. The van der Waals surface area contributed by atoms with Crippen LogP contribution in [0.2, 0.25) is 5.02 Å². The molecule has 102 valence electrons. The van der Waals surface area contributed by atoms with E-state index in [1.807, 2.05) is 34.7 Å². The van der Waals surface area contributed by atoms with Crippen molar-refractivity contribution >= 4 is 17.4 Å². The number of hydrogen-bond acceptors (Lipinski definition) is 3. The fraction of sp³-hybridized carbons (Fsp3) is 0.692. The number of likely N-dealkylation sites (N-methyl/N-ethyl adjacent to an activating group) is 1. The number of carbonyl (C=O) groups excluding carboxylic acids is 1. The summed E-state index contributed by atoms with van der Waals surface area (Å²) in [6.07, 6.45) is 1.08. The zero-order chi connectivity index (χ0) is 13.9. The van der Waals surface area contributed by atoms with Gasteiger partial charge in [0.25, 0.3) is 0 Å². The predicted octanol–water partition coefficient (Wildman–Crippen LogP) is 2.14. The maximum Gasteiger partial charge on any atom is 0.158 e. The van der Waals surface area contributed by atoms with Crippen LogP contribution in [-0.4, -0.2) is 27.6 Å². The van der Waals surface area contributed by atoms with Crippen molar-refractivity contribution in [2.75, 3.05) is 6.54 Å². The molecule has 0 radical (unpaired) electrons. The summed E-state index contributed by atoms with van der Waals surface area (Å²) in [5.74, 6) is 0.122. The lowest BCUT2D eigenvalue weighted by atomic mass is 9.95. The van der Waals surface area contributed by atoms with Crippen molar-refractivity contribution in [3.63, 3.8) is 0 Å². The van der Waals surface area contributed by atoms with E-state index >= 15 is 0 Å². The van der Waals surface area contributed by atoms with Crippen LogP contribution in [-0.2, 0) is 24.7 Å². The summed E-state index contributed by atoms with van der Waals surface area (Å²) in [6.45, 7) is 8.54. The summed E-state index contributed by atoms with van der Waals surface area (Å²) in [6, 6.07) is 0. The van der Waals surface area contributed by atoms with Gasteiger partial charge in [0.05, 0.1) is 28.4 Å². The maximum absolute atomic E-state index is 12.3. The number of halogens is 1. The average Bonchev–Trinajstić information content (AvgIpc) is 2.56.